The first-order valence-electron chi connectivity index (χ1n) is 5.59. The molecule has 1 aromatic carbocycles. The zero-order chi connectivity index (χ0) is 14.8. The lowest BCUT2D eigenvalue weighted by Gasteiger charge is -2.08. The van der Waals surface area contributed by atoms with E-state index in [4.69, 9.17) is 0 Å². The van der Waals surface area contributed by atoms with E-state index < -0.39 is 21.8 Å². The van der Waals surface area contributed by atoms with E-state index in [0.717, 1.165) is 0 Å². The number of ether oxygens (including phenoxy) is 1. The summed E-state index contributed by atoms with van der Waals surface area (Å²) in [5.41, 5.74) is 2.28. The van der Waals surface area contributed by atoms with Crippen LogP contribution < -0.4 is 15.9 Å². The number of hydrogen-bond donors (Lipinski definition) is 4. The van der Waals surface area contributed by atoms with Gasteiger partial charge in [-0.2, -0.15) is 0 Å². The van der Waals surface area contributed by atoms with Crippen LogP contribution in [0.25, 0.3) is 11.0 Å². The molecule has 0 fully saturated rings. The van der Waals surface area contributed by atoms with Gasteiger partial charge in [0.1, 0.15) is 0 Å². The molecule has 20 heavy (non-hydrogen) atoms. The quantitative estimate of drug-likeness (QED) is 0.580. The number of sulfonamides is 1. The van der Waals surface area contributed by atoms with Gasteiger partial charge in [-0.3, -0.25) is 0 Å². The third-order valence-corrected chi connectivity index (χ3v) is 3.61. The molecule has 1 aromatic heterocycles. The molecule has 0 aliphatic carbocycles. The molecule has 108 valence electrons. The van der Waals surface area contributed by atoms with Crippen LogP contribution in [0.5, 0.6) is 0 Å². The molecule has 0 radical (unpaired) electrons. The molecule has 0 aliphatic heterocycles. The van der Waals surface area contributed by atoms with Crippen molar-refractivity contribution >= 4 is 27.1 Å². The lowest BCUT2D eigenvalue weighted by Crippen LogP contribution is -2.41. The smallest absolute Gasteiger partial charge is 0.422 e. The zero-order valence-electron chi connectivity index (χ0n) is 10.4. The van der Waals surface area contributed by atoms with Crippen LogP contribution in [0.3, 0.4) is 0 Å². The number of hydrazine groups is 1. The Morgan fingerprint density at radius 2 is 2.00 bits per heavy atom. The van der Waals surface area contributed by atoms with Crippen LogP contribution in [0, 0.1) is 0 Å². The predicted molar refractivity (Wildman–Crippen MR) is 69.4 cm³/mol. The second kappa shape index (κ2) is 5.35. The van der Waals surface area contributed by atoms with Crippen LogP contribution in [0.1, 0.15) is 6.92 Å². The van der Waals surface area contributed by atoms with E-state index in [1.165, 1.54) is 18.2 Å². The minimum atomic E-state index is -3.95. The zero-order valence-corrected chi connectivity index (χ0v) is 11.2. The highest BCUT2D eigenvalue weighted by molar-refractivity contribution is 7.89. The molecular weight excluding hydrogens is 288 g/mol. The number of carbonyl (C=O) groups is 1. The third kappa shape index (κ3) is 2.97. The molecule has 0 atom stereocenters. The Hall–Kier alpha value is -2.33. The van der Waals surface area contributed by atoms with Crippen molar-refractivity contribution in [2.45, 2.75) is 11.8 Å². The summed E-state index contributed by atoms with van der Waals surface area (Å²) in [6, 6.07) is 4.00. The number of fused-ring (bicyclic) bond motifs is 1. The maximum Gasteiger partial charge on any atom is 0.422 e. The second-order valence-electron chi connectivity index (χ2n) is 3.74. The maximum atomic E-state index is 11.9. The van der Waals surface area contributed by atoms with Crippen LogP contribution in [-0.4, -0.2) is 31.1 Å². The first-order valence-corrected chi connectivity index (χ1v) is 7.07. The van der Waals surface area contributed by atoms with Crippen LogP contribution in [0.15, 0.2) is 27.9 Å². The van der Waals surface area contributed by atoms with Crippen LogP contribution in [0.4, 0.5) is 4.79 Å². The highest BCUT2D eigenvalue weighted by Gasteiger charge is 2.16. The monoisotopic (exact) mass is 300 g/mol. The fourth-order valence-electron chi connectivity index (χ4n) is 1.51. The average Bonchev–Trinajstić information content (AvgIpc) is 2.76. The van der Waals surface area contributed by atoms with Crippen molar-refractivity contribution in [1.29, 1.82) is 0 Å². The van der Waals surface area contributed by atoms with Gasteiger partial charge in [0.2, 0.25) is 0 Å². The molecule has 10 heteroatoms. The van der Waals surface area contributed by atoms with Gasteiger partial charge < -0.3 is 14.7 Å². The van der Waals surface area contributed by atoms with E-state index in [0.29, 0.717) is 11.0 Å². The number of amides is 1. The Morgan fingerprint density at radius 3 is 2.70 bits per heavy atom. The summed E-state index contributed by atoms with van der Waals surface area (Å²) in [5, 5.41) is 0. The molecule has 4 N–H and O–H groups in total. The third-order valence-electron chi connectivity index (χ3n) is 2.36. The van der Waals surface area contributed by atoms with E-state index in [2.05, 4.69) is 14.7 Å². The van der Waals surface area contributed by atoms with E-state index in [1.54, 1.807) is 6.92 Å². The summed E-state index contributed by atoms with van der Waals surface area (Å²) in [7, 11) is -3.95. The molecule has 0 saturated carbocycles. The highest BCUT2D eigenvalue weighted by atomic mass is 32.2. The molecule has 0 spiro atoms. The summed E-state index contributed by atoms with van der Waals surface area (Å²) in [4.78, 5) is 28.8. The van der Waals surface area contributed by atoms with E-state index in [-0.39, 0.29) is 11.5 Å². The number of imidazole rings is 1. The van der Waals surface area contributed by atoms with Gasteiger partial charge in [-0.25, -0.2) is 23.4 Å². The van der Waals surface area contributed by atoms with Crippen molar-refractivity contribution in [2.75, 3.05) is 6.61 Å². The van der Waals surface area contributed by atoms with Gasteiger partial charge in [-0.15, -0.1) is 4.83 Å². The number of rotatable bonds is 4. The Morgan fingerprint density at radius 1 is 1.30 bits per heavy atom. The lowest BCUT2D eigenvalue weighted by atomic mass is 10.3. The summed E-state index contributed by atoms with van der Waals surface area (Å²) < 4.78 is 28.3. The maximum absolute atomic E-state index is 11.9. The van der Waals surface area contributed by atoms with E-state index in [1.807, 2.05) is 10.3 Å². The summed E-state index contributed by atoms with van der Waals surface area (Å²) >= 11 is 0. The number of carbonyl (C=O) groups excluding carboxylic acids is 1. The minimum absolute atomic E-state index is 0.114. The van der Waals surface area contributed by atoms with Gasteiger partial charge in [0.25, 0.3) is 10.0 Å². The number of aromatic amines is 2. The highest BCUT2D eigenvalue weighted by Crippen LogP contribution is 2.14. The predicted octanol–water partition coefficient (Wildman–Crippen LogP) is -0.204. The Kier molecular flexibility index (Phi) is 3.77. The van der Waals surface area contributed by atoms with Crippen molar-refractivity contribution in [1.82, 2.24) is 20.2 Å². The van der Waals surface area contributed by atoms with Crippen molar-refractivity contribution in [3.63, 3.8) is 0 Å². The molecule has 9 nitrogen and oxygen atoms in total. The van der Waals surface area contributed by atoms with Crippen molar-refractivity contribution in [3.05, 3.63) is 28.7 Å². The summed E-state index contributed by atoms with van der Waals surface area (Å²) in [5.74, 6) is 0. The van der Waals surface area contributed by atoms with Crippen molar-refractivity contribution < 1.29 is 17.9 Å². The number of aromatic nitrogens is 2. The Bertz CT molecular complexity index is 791. The lowest BCUT2D eigenvalue weighted by molar-refractivity contribution is 0.150. The van der Waals surface area contributed by atoms with Gasteiger partial charge in [-0.05, 0) is 25.1 Å². The molecule has 0 saturated heterocycles. The Labute approximate surface area is 113 Å². The molecule has 0 aliphatic rings. The first-order chi connectivity index (χ1) is 9.42. The number of H-pyrrole nitrogens is 2. The van der Waals surface area contributed by atoms with Crippen LogP contribution in [-0.2, 0) is 14.8 Å². The van der Waals surface area contributed by atoms with Crippen LogP contribution >= 0.6 is 0 Å². The summed E-state index contributed by atoms with van der Waals surface area (Å²) in [6.45, 7) is 1.70. The SMILES string of the molecule is CCOC(=O)NNS(=O)(=O)c1ccc2[nH]c(=O)[nH]c2c1. The molecule has 0 unspecified atom stereocenters. The summed E-state index contributed by atoms with van der Waals surface area (Å²) in [6.07, 6.45) is -0.910. The average molecular weight is 300 g/mol. The molecule has 1 amide bonds. The topological polar surface area (TPSA) is 133 Å². The van der Waals surface area contributed by atoms with Gasteiger partial charge >= 0.3 is 11.8 Å². The molecular formula is C10H12N4O5S. The number of benzene rings is 1. The van der Waals surface area contributed by atoms with E-state index in [9.17, 15) is 18.0 Å². The largest absolute Gasteiger partial charge is 0.449 e. The fraction of sp³-hybridized carbons (Fsp3) is 0.200. The fourth-order valence-corrected chi connectivity index (χ4v) is 2.37. The van der Waals surface area contributed by atoms with Crippen molar-refractivity contribution in [3.8, 4) is 0 Å². The molecule has 0 bridgehead atoms. The van der Waals surface area contributed by atoms with Gasteiger partial charge in [0, 0.05) is 0 Å². The number of nitrogens with one attached hydrogen (secondary N) is 4. The second-order valence-corrected chi connectivity index (χ2v) is 5.42. The standard InChI is InChI=1S/C10H12N4O5S/c1-2-19-10(16)13-14-20(17,18)6-3-4-7-8(5-6)12-9(15)11-7/h3-5,14H,2H2,1H3,(H,13,16)(H2,11,12,15). The Balaban J connectivity index is 2.22. The van der Waals surface area contributed by atoms with Crippen LogP contribution in [0.2, 0.25) is 0 Å². The minimum Gasteiger partial charge on any atom is -0.449 e. The van der Waals surface area contributed by atoms with Gasteiger partial charge in [0.15, 0.2) is 0 Å². The molecule has 2 rings (SSSR count). The number of hydrogen-bond acceptors (Lipinski definition) is 5. The molecule has 2 aromatic rings. The first kappa shape index (κ1) is 14.1. The molecule has 1 heterocycles. The van der Waals surface area contributed by atoms with Gasteiger partial charge in [-0.1, -0.05) is 0 Å². The van der Waals surface area contributed by atoms with Gasteiger partial charge in [0.05, 0.1) is 22.5 Å². The normalized spacial score (nSPS) is 11.4. The van der Waals surface area contributed by atoms with Crippen molar-refractivity contribution in [2.24, 2.45) is 0 Å². The van der Waals surface area contributed by atoms with E-state index >= 15 is 0 Å².